The number of benzene rings is 1. The number of likely N-dealkylation sites (N-methyl/N-ethyl adjacent to an activating group) is 2. The van der Waals surface area contributed by atoms with Crippen LogP contribution in [0.3, 0.4) is 0 Å². The number of rotatable bonds is 5. The Labute approximate surface area is 127 Å². The maximum absolute atomic E-state index is 13.1. The largest absolute Gasteiger partial charge is 0.329 e. The summed E-state index contributed by atoms with van der Waals surface area (Å²) in [5, 5.41) is 0. The molecule has 1 aromatic rings. The van der Waals surface area contributed by atoms with Gasteiger partial charge in [-0.25, -0.2) is 4.39 Å². The molecule has 0 aliphatic carbocycles. The molecule has 0 aromatic heterocycles. The van der Waals surface area contributed by atoms with Crippen LogP contribution in [0.15, 0.2) is 24.3 Å². The van der Waals surface area contributed by atoms with Gasteiger partial charge in [-0.05, 0) is 64.5 Å². The van der Waals surface area contributed by atoms with E-state index in [0.29, 0.717) is 12.6 Å². The van der Waals surface area contributed by atoms with Gasteiger partial charge in [-0.15, -0.1) is 0 Å². The van der Waals surface area contributed by atoms with Gasteiger partial charge in [-0.1, -0.05) is 12.1 Å². The van der Waals surface area contributed by atoms with Crippen molar-refractivity contribution >= 4 is 0 Å². The van der Waals surface area contributed by atoms with Gasteiger partial charge in [-0.3, -0.25) is 4.90 Å². The third-order valence-corrected chi connectivity index (χ3v) is 4.94. The molecule has 0 spiro atoms. The first-order valence-corrected chi connectivity index (χ1v) is 7.80. The minimum absolute atomic E-state index is 0.0966. The number of hydrogen-bond donors (Lipinski definition) is 1. The Morgan fingerprint density at radius 3 is 2.62 bits per heavy atom. The third kappa shape index (κ3) is 4.02. The number of piperidine rings is 1. The topological polar surface area (TPSA) is 32.5 Å². The van der Waals surface area contributed by atoms with E-state index in [4.69, 9.17) is 5.73 Å². The van der Waals surface area contributed by atoms with Gasteiger partial charge in [0.2, 0.25) is 0 Å². The fourth-order valence-electron chi connectivity index (χ4n) is 3.28. The Bertz CT molecular complexity index is 448. The highest BCUT2D eigenvalue weighted by atomic mass is 19.1. The van der Waals surface area contributed by atoms with Crippen molar-refractivity contribution in [3.8, 4) is 0 Å². The van der Waals surface area contributed by atoms with Crippen molar-refractivity contribution in [2.24, 2.45) is 5.73 Å². The molecule has 2 unspecified atom stereocenters. The van der Waals surface area contributed by atoms with Crippen molar-refractivity contribution < 1.29 is 4.39 Å². The third-order valence-electron chi connectivity index (χ3n) is 4.94. The number of nitrogens with zero attached hydrogens (tertiary/aromatic N) is 2. The summed E-state index contributed by atoms with van der Waals surface area (Å²) < 4.78 is 13.1. The van der Waals surface area contributed by atoms with Crippen molar-refractivity contribution in [1.29, 1.82) is 0 Å². The quantitative estimate of drug-likeness (QED) is 0.902. The highest BCUT2D eigenvalue weighted by Gasteiger charge is 2.34. The number of likely N-dealkylation sites (tertiary alicyclic amines) is 1. The molecule has 1 fully saturated rings. The Morgan fingerprint density at radius 1 is 1.38 bits per heavy atom. The van der Waals surface area contributed by atoms with E-state index in [-0.39, 0.29) is 11.4 Å². The van der Waals surface area contributed by atoms with Crippen LogP contribution in [0.5, 0.6) is 0 Å². The van der Waals surface area contributed by atoms with Crippen molar-refractivity contribution in [1.82, 2.24) is 9.80 Å². The molecular formula is C17H28FN3. The normalized spacial score (nSPS) is 23.2. The van der Waals surface area contributed by atoms with Crippen LogP contribution in [0.4, 0.5) is 4.39 Å². The van der Waals surface area contributed by atoms with Gasteiger partial charge in [0.05, 0.1) is 0 Å². The summed E-state index contributed by atoms with van der Waals surface area (Å²) in [6, 6.07) is 7.33. The molecule has 1 aliphatic rings. The lowest BCUT2D eigenvalue weighted by atomic mass is 9.88. The van der Waals surface area contributed by atoms with Crippen molar-refractivity contribution in [3.63, 3.8) is 0 Å². The number of halogens is 1. The molecule has 21 heavy (non-hydrogen) atoms. The molecule has 2 rings (SSSR count). The molecule has 2 N–H and O–H groups in total. The average molecular weight is 293 g/mol. The summed E-state index contributed by atoms with van der Waals surface area (Å²) in [4.78, 5) is 4.82. The minimum atomic E-state index is -0.185. The van der Waals surface area contributed by atoms with Crippen LogP contribution < -0.4 is 5.73 Å². The molecule has 0 radical (unpaired) electrons. The fraction of sp³-hybridized carbons (Fsp3) is 0.647. The van der Waals surface area contributed by atoms with Crippen LogP contribution in [0.2, 0.25) is 0 Å². The van der Waals surface area contributed by atoms with E-state index in [1.54, 1.807) is 0 Å². The average Bonchev–Trinajstić information content (AvgIpc) is 2.48. The molecule has 2 atom stereocenters. The molecule has 0 saturated carbocycles. The zero-order valence-corrected chi connectivity index (χ0v) is 13.5. The summed E-state index contributed by atoms with van der Waals surface area (Å²) in [7, 11) is 4.36. The fourth-order valence-corrected chi connectivity index (χ4v) is 3.28. The Kier molecular flexibility index (Phi) is 5.36. The highest BCUT2D eigenvalue weighted by Crippen LogP contribution is 2.25. The summed E-state index contributed by atoms with van der Waals surface area (Å²) in [5.41, 5.74) is 7.14. The van der Waals surface area contributed by atoms with E-state index in [1.807, 2.05) is 12.1 Å². The van der Waals surface area contributed by atoms with Crippen molar-refractivity contribution in [2.45, 2.75) is 37.8 Å². The minimum Gasteiger partial charge on any atom is -0.329 e. The first kappa shape index (κ1) is 16.4. The smallest absolute Gasteiger partial charge is 0.123 e. The van der Waals surface area contributed by atoms with E-state index < -0.39 is 0 Å². The molecule has 118 valence electrons. The molecular weight excluding hydrogens is 265 g/mol. The SMILES string of the molecule is CN1CCCC(N(C)C(C)(CN)Cc2ccc(F)cc2)C1. The lowest BCUT2D eigenvalue weighted by Gasteiger charge is -2.46. The first-order valence-electron chi connectivity index (χ1n) is 7.80. The number of nitrogens with two attached hydrogens (primary N) is 1. The molecule has 1 heterocycles. The highest BCUT2D eigenvalue weighted by molar-refractivity contribution is 5.19. The summed E-state index contributed by atoms with van der Waals surface area (Å²) in [6.07, 6.45) is 3.31. The van der Waals surface area contributed by atoms with Crippen LogP contribution in [-0.2, 0) is 6.42 Å². The van der Waals surface area contributed by atoms with Gasteiger partial charge >= 0.3 is 0 Å². The molecule has 1 aromatic carbocycles. The zero-order valence-electron chi connectivity index (χ0n) is 13.5. The van der Waals surface area contributed by atoms with Crippen molar-refractivity contribution in [3.05, 3.63) is 35.6 Å². The zero-order chi connectivity index (χ0) is 15.5. The molecule has 3 nitrogen and oxygen atoms in total. The lowest BCUT2D eigenvalue weighted by molar-refractivity contribution is 0.0487. The lowest BCUT2D eigenvalue weighted by Crippen LogP contribution is -2.58. The van der Waals surface area contributed by atoms with Crippen LogP contribution in [0.25, 0.3) is 0 Å². The Morgan fingerprint density at radius 2 is 2.05 bits per heavy atom. The van der Waals surface area contributed by atoms with Gasteiger partial charge in [0.1, 0.15) is 5.82 Å². The Hall–Kier alpha value is -0.970. The van der Waals surface area contributed by atoms with E-state index in [9.17, 15) is 4.39 Å². The maximum atomic E-state index is 13.1. The van der Waals surface area contributed by atoms with Crippen LogP contribution >= 0.6 is 0 Å². The van der Waals surface area contributed by atoms with E-state index in [2.05, 4.69) is 30.8 Å². The van der Waals surface area contributed by atoms with Crippen LogP contribution in [0, 0.1) is 5.82 Å². The second-order valence-electron chi connectivity index (χ2n) is 6.67. The predicted octanol–water partition coefficient (Wildman–Crippen LogP) is 2.11. The van der Waals surface area contributed by atoms with Gasteiger partial charge < -0.3 is 10.6 Å². The van der Waals surface area contributed by atoms with Gasteiger partial charge in [0, 0.05) is 24.7 Å². The molecule has 0 amide bonds. The van der Waals surface area contributed by atoms with Crippen LogP contribution in [-0.4, -0.2) is 55.1 Å². The molecule has 0 bridgehead atoms. The number of hydrogen-bond acceptors (Lipinski definition) is 3. The van der Waals surface area contributed by atoms with E-state index >= 15 is 0 Å². The van der Waals surface area contributed by atoms with E-state index in [0.717, 1.165) is 18.5 Å². The summed E-state index contributed by atoms with van der Waals surface area (Å²) in [5.74, 6) is -0.185. The van der Waals surface area contributed by atoms with Crippen molar-refractivity contribution in [2.75, 3.05) is 33.7 Å². The van der Waals surface area contributed by atoms with Crippen LogP contribution in [0.1, 0.15) is 25.3 Å². The van der Waals surface area contributed by atoms with Gasteiger partial charge in [-0.2, -0.15) is 0 Å². The molecule has 1 aliphatic heterocycles. The molecule has 4 heteroatoms. The van der Waals surface area contributed by atoms with Gasteiger partial charge in [0.25, 0.3) is 0 Å². The molecule has 1 saturated heterocycles. The first-order chi connectivity index (χ1) is 9.94. The second-order valence-corrected chi connectivity index (χ2v) is 6.67. The Balaban J connectivity index is 2.09. The van der Waals surface area contributed by atoms with Gasteiger partial charge in [0.15, 0.2) is 0 Å². The second kappa shape index (κ2) is 6.86. The predicted molar refractivity (Wildman–Crippen MR) is 85.8 cm³/mol. The van der Waals surface area contributed by atoms with E-state index in [1.165, 1.54) is 31.5 Å². The summed E-state index contributed by atoms with van der Waals surface area (Å²) >= 11 is 0. The summed E-state index contributed by atoms with van der Waals surface area (Å²) in [6.45, 7) is 5.09. The maximum Gasteiger partial charge on any atom is 0.123 e. The monoisotopic (exact) mass is 293 g/mol. The standard InChI is InChI=1S/C17H28FN3/c1-17(13-19,11-14-6-8-15(18)9-7-14)21(3)16-5-4-10-20(2)12-16/h6-9,16H,4-5,10-13,19H2,1-3H3.